The van der Waals surface area contributed by atoms with Crippen molar-refractivity contribution < 1.29 is 9.90 Å². The second-order valence-electron chi connectivity index (χ2n) is 8.99. The number of carbonyl (C=O) groups excluding carboxylic acids is 1. The molecule has 1 aliphatic heterocycles. The molecule has 4 heteroatoms. The van der Waals surface area contributed by atoms with Crippen LogP contribution in [-0.2, 0) is 6.54 Å². The number of ketones is 1. The third kappa shape index (κ3) is 4.93. The highest BCUT2D eigenvalue weighted by molar-refractivity contribution is 5.94. The Balaban J connectivity index is 1.66. The predicted molar refractivity (Wildman–Crippen MR) is 129 cm³/mol. The Morgan fingerprint density at radius 1 is 0.906 bits per heavy atom. The normalized spacial score (nSPS) is 20.7. The van der Waals surface area contributed by atoms with Gasteiger partial charge in [0.2, 0.25) is 0 Å². The summed E-state index contributed by atoms with van der Waals surface area (Å²) in [6.07, 6.45) is 0. The second-order valence-corrected chi connectivity index (χ2v) is 8.99. The molecule has 3 aromatic carbocycles. The summed E-state index contributed by atoms with van der Waals surface area (Å²) in [6.45, 7) is 8.96. The van der Waals surface area contributed by atoms with Crippen LogP contribution in [0.4, 0.5) is 0 Å². The van der Waals surface area contributed by atoms with Crippen LogP contribution in [0.15, 0.2) is 78.9 Å². The van der Waals surface area contributed by atoms with Crippen molar-refractivity contribution in [2.75, 3.05) is 13.1 Å². The monoisotopic (exact) mass is 428 g/mol. The summed E-state index contributed by atoms with van der Waals surface area (Å²) in [5.74, 6) is 0.328. The summed E-state index contributed by atoms with van der Waals surface area (Å²) in [5, 5.41) is 10.2. The first kappa shape index (κ1) is 22.3. The van der Waals surface area contributed by atoms with E-state index in [1.807, 2.05) is 30.3 Å². The highest BCUT2D eigenvalue weighted by Gasteiger charge is 2.35. The van der Waals surface area contributed by atoms with Crippen molar-refractivity contribution in [3.05, 3.63) is 101 Å². The Bertz CT molecular complexity index is 1070. The molecule has 1 aliphatic rings. The highest BCUT2D eigenvalue weighted by atomic mass is 16.3. The van der Waals surface area contributed by atoms with Crippen LogP contribution in [0.3, 0.4) is 0 Å². The molecule has 3 aromatic rings. The zero-order valence-electron chi connectivity index (χ0n) is 19.1. The summed E-state index contributed by atoms with van der Waals surface area (Å²) in [5.41, 5.74) is 4.18. The van der Waals surface area contributed by atoms with Crippen molar-refractivity contribution in [3.8, 4) is 5.75 Å². The van der Waals surface area contributed by atoms with Gasteiger partial charge in [-0.15, -0.1) is 0 Å². The van der Waals surface area contributed by atoms with Gasteiger partial charge < -0.3 is 5.11 Å². The minimum atomic E-state index is -0.0299. The van der Waals surface area contributed by atoms with Gasteiger partial charge in [-0.25, -0.2) is 0 Å². The van der Waals surface area contributed by atoms with E-state index in [1.54, 1.807) is 13.0 Å². The van der Waals surface area contributed by atoms with Gasteiger partial charge in [-0.05, 0) is 55.7 Å². The molecule has 32 heavy (non-hydrogen) atoms. The quantitative estimate of drug-likeness (QED) is 0.543. The van der Waals surface area contributed by atoms with Gasteiger partial charge in [-0.3, -0.25) is 14.6 Å². The lowest BCUT2D eigenvalue weighted by Crippen LogP contribution is -2.56. The van der Waals surface area contributed by atoms with E-state index in [0.717, 1.165) is 36.3 Å². The topological polar surface area (TPSA) is 43.8 Å². The van der Waals surface area contributed by atoms with Crippen molar-refractivity contribution in [3.63, 3.8) is 0 Å². The smallest absolute Gasteiger partial charge is 0.159 e. The standard InChI is InChI=1S/C28H32N2O2/c1-20-18-30(21(2)17-29(20)19-23-9-5-4-6-10-23)28(26-13-8-14-27(32)16-26)25-12-7-11-24(15-25)22(3)31/h4-16,20-21,28,32H,17-19H2,1-3H3/t20-,21+,28-/m1/s1. The summed E-state index contributed by atoms with van der Waals surface area (Å²) in [6, 6.07) is 26.7. The number of hydrogen-bond acceptors (Lipinski definition) is 4. The first-order valence-electron chi connectivity index (χ1n) is 11.4. The fraction of sp³-hybridized carbons (Fsp3) is 0.321. The molecule has 0 spiro atoms. The fourth-order valence-corrected chi connectivity index (χ4v) is 4.82. The average molecular weight is 429 g/mol. The number of phenols is 1. The summed E-state index contributed by atoms with van der Waals surface area (Å²) in [7, 11) is 0. The van der Waals surface area contributed by atoms with E-state index < -0.39 is 0 Å². The number of Topliss-reactive ketones (excluding diaryl/α,β-unsaturated/α-hetero) is 1. The zero-order chi connectivity index (χ0) is 22.7. The lowest BCUT2D eigenvalue weighted by molar-refractivity contribution is 0.0195. The van der Waals surface area contributed by atoms with Crippen molar-refractivity contribution >= 4 is 5.78 Å². The molecule has 1 N–H and O–H groups in total. The summed E-state index contributed by atoms with van der Waals surface area (Å²) in [4.78, 5) is 17.1. The molecule has 1 heterocycles. The van der Waals surface area contributed by atoms with Gasteiger partial charge in [0, 0.05) is 37.3 Å². The molecule has 4 rings (SSSR count). The molecule has 166 valence electrons. The Morgan fingerprint density at radius 2 is 1.59 bits per heavy atom. The summed E-state index contributed by atoms with van der Waals surface area (Å²) >= 11 is 0. The molecule has 3 atom stereocenters. The van der Waals surface area contributed by atoms with Crippen LogP contribution in [0.2, 0.25) is 0 Å². The van der Waals surface area contributed by atoms with Crippen LogP contribution in [0.25, 0.3) is 0 Å². The molecule has 4 nitrogen and oxygen atoms in total. The Hall–Kier alpha value is -2.95. The molecule has 1 saturated heterocycles. The second kappa shape index (κ2) is 9.68. The van der Waals surface area contributed by atoms with Gasteiger partial charge in [0.15, 0.2) is 5.78 Å². The molecule has 0 unspecified atom stereocenters. The lowest BCUT2D eigenvalue weighted by Gasteiger charge is -2.47. The van der Waals surface area contributed by atoms with E-state index in [0.29, 0.717) is 12.1 Å². The number of rotatable bonds is 6. The van der Waals surface area contributed by atoms with Crippen LogP contribution in [-0.4, -0.2) is 45.9 Å². The molecule has 0 radical (unpaired) electrons. The maximum absolute atomic E-state index is 12.1. The molecular weight excluding hydrogens is 396 g/mol. The average Bonchev–Trinajstić information content (AvgIpc) is 2.78. The number of nitrogens with zero attached hydrogens (tertiary/aromatic N) is 2. The Morgan fingerprint density at radius 3 is 2.28 bits per heavy atom. The molecule has 0 aromatic heterocycles. The summed E-state index contributed by atoms with van der Waals surface area (Å²) < 4.78 is 0. The molecule has 0 amide bonds. The van der Waals surface area contributed by atoms with Crippen molar-refractivity contribution in [2.24, 2.45) is 0 Å². The van der Waals surface area contributed by atoms with Gasteiger partial charge in [0.25, 0.3) is 0 Å². The molecule has 0 bridgehead atoms. The van der Waals surface area contributed by atoms with Crippen molar-refractivity contribution in [2.45, 2.75) is 45.4 Å². The van der Waals surface area contributed by atoms with Gasteiger partial charge in [0.05, 0.1) is 6.04 Å². The number of phenolic OH excluding ortho intramolecular Hbond substituents is 1. The Labute approximate surface area is 191 Å². The number of benzene rings is 3. The first-order chi connectivity index (χ1) is 15.4. The molecule has 0 aliphatic carbocycles. The lowest BCUT2D eigenvalue weighted by atomic mass is 9.92. The predicted octanol–water partition coefficient (Wildman–Crippen LogP) is 5.28. The van der Waals surface area contributed by atoms with Crippen LogP contribution < -0.4 is 0 Å². The largest absolute Gasteiger partial charge is 0.508 e. The van der Waals surface area contributed by atoms with E-state index in [-0.39, 0.29) is 17.6 Å². The SMILES string of the molecule is CC(=O)c1cccc([C@H](c2cccc(O)c2)N2C[C@@H](C)N(Cc3ccccc3)C[C@@H]2C)c1. The van der Waals surface area contributed by atoms with Crippen LogP contribution in [0.5, 0.6) is 5.75 Å². The van der Waals surface area contributed by atoms with Gasteiger partial charge in [0.1, 0.15) is 5.75 Å². The minimum absolute atomic E-state index is 0.0299. The third-order valence-corrected chi connectivity index (χ3v) is 6.52. The highest BCUT2D eigenvalue weighted by Crippen LogP contribution is 2.35. The third-order valence-electron chi connectivity index (χ3n) is 6.52. The van der Waals surface area contributed by atoms with Crippen LogP contribution >= 0.6 is 0 Å². The number of carbonyl (C=O) groups is 1. The number of piperazine rings is 1. The molecule has 1 fully saturated rings. The van der Waals surface area contributed by atoms with E-state index in [2.05, 4.69) is 66.1 Å². The van der Waals surface area contributed by atoms with E-state index >= 15 is 0 Å². The fourth-order valence-electron chi connectivity index (χ4n) is 4.82. The van der Waals surface area contributed by atoms with Gasteiger partial charge in [-0.1, -0.05) is 60.7 Å². The van der Waals surface area contributed by atoms with Crippen molar-refractivity contribution in [1.82, 2.24) is 9.80 Å². The molecule has 0 saturated carbocycles. The molecular formula is C28H32N2O2. The van der Waals surface area contributed by atoms with E-state index in [9.17, 15) is 9.90 Å². The maximum atomic E-state index is 12.1. The number of hydrogen-bond donors (Lipinski definition) is 1. The van der Waals surface area contributed by atoms with E-state index in [1.165, 1.54) is 5.56 Å². The van der Waals surface area contributed by atoms with Crippen LogP contribution in [0, 0.1) is 0 Å². The van der Waals surface area contributed by atoms with Crippen LogP contribution in [0.1, 0.15) is 53.9 Å². The van der Waals surface area contributed by atoms with Crippen molar-refractivity contribution in [1.29, 1.82) is 0 Å². The Kier molecular flexibility index (Phi) is 6.73. The van der Waals surface area contributed by atoms with E-state index in [4.69, 9.17) is 0 Å². The van der Waals surface area contributed by atoms with Gasteiger partial charge >= 0.3 is 0 Å². The van der Waals surface area contributed by atoms with Gasteiger partial charge in [-0.2, -0.15) is 0 Å². The maximum Gasteiger partial charge on any atom is 0.159 e. The first-order valence-corrected chi connectivity index (χ1v) is 11.4. The number of aromatic hydroxyl groups is 1. The zero-order valence-corrected chi connectivity index (χ0v) is 19.1. The minimum Gasteiger partial charge on any atom is -0.508 e.